The van der Waals surface area contributed by atoms with E-state index in [2.05, 4.69) is 46.8 Å². The topological polar surface area (TPSA) is 68.6 Å². The lowest BCUT2D eigenvalue weighted by molar-refractivity contribution is 0.0600. The zero-order chi connectivity index (χ0) is 28.5. The van der Waals surface area contributed by atoms with Gasteiger partial charge in [-0.05, 0) is 118 Å². The number of ether oxygens (including phenoxy) is 2. The Morgan fingerprint density at radius 3 is 2.46 bits per heavy atom. The van der Waals surface area contributed by atoms with Crippen LogP contribution in [0.25, 0.3) is 5.69 Å². The molecule has 0 bridgehead atoms. The Morgan fingerprint density at radius 1 is 0.976 bits per heavy atom. The van der Waals surface area contributed by atoms with Gasteiger partial charge in [0.1, 0.15) is 5.75 Å². The predicted molar refractivity (Wildman–Crippen MR) is 164 cm³/mol. The van der Waals surface area contributed by atoms with Crippen LogP contribution in [0.1, 0.15) is 70.8 Å². The lowest BCUT2D eigenvalue weighted by atomic mass is 9.96. The molecule has 2 fully saturated rings. The Labute approximate surface area is 246 Å². The first-order valence-electron chi connectivity index (χ1n) is 14.1. The van der Waals surface area contributed by atoms with Gasteiger partial charge in [0.2, 0.25) is 0 Å². The molecule has 1 N–H and O–H groups in total. The fraction of sp³-hybridized carbons (Fsp3) is 0.303. The average molecular weight is 567 g/mol. The number of rotatable bonds is 7. The first kappa shape index (κ1) is 27.0. The number of carbonyl (C=O) groups excluding carboxylic acids is 1. The Kier molecular flexibility index (Phi) is 7.49. The van der Waals surface area contributed by atoms with Gasteiger partial charge >= 0.3 is 5.97 Å². The highest BCUT2D eigenvalue weighted by atomic mass is 32.1. The predicted octanol–water partition coefficient (Wildman–Crippen LogP) is 6.77. The van der Waals surface area contributed by atoms with Crippen molar-refractivity contribution >= 4 is 29.0 Å². The fourth-order valence-electron chi connectivity index (χ4n) is 6.21. The van der Waals surface area contributed by atoms with Crippen LogP contribution in [0.5, 0.6) is 5.75 Å². The quantitative estimate of drug-likeness (QED) is 0.195. The molecule has 0 amide bonds. The number of benzene rings is 2. The van der Waals surface area contributed by atoms with Crippen molar-refractivity contribution in [2.45, 2.75) is 57.7 Å². The number of pyridine rings is 1. The van der Waals surface area contributed by atoms with Gasteiger partial charge in [-0.25, -0.2) is 4.79 Å². The number of esters is 1. The molecule has 6 rings (SSSR count). The normalized spacial score (nSPS) is 18.9. The van der Waals surface area contributed by atoms with E-state index in [1.807, 2.05) is 54.7 Å². The molecule has 210 valence electrons. The molecule has 2 aromatic heterocycles. The molecule has 2 aromatic carbocycles. The van der Waals surface area contributed by atoms with E-state index in [0.717, 1.165) is 52.6 Å². The summed E-state index contributed by atoms with van der Waals surface area (Å²) >= 11 is 5.96. The molecule has 1 aliphatic carbocycles. The van der Waals surface area contributed by atoms with Crippen LogP contribution < -0.4 is 15.0 Å². The molecule has 1 aliphatic heterocycles. The van der Waals surface area contributed by atoms with Gasteiger partial charge in [0, 0.05) is 29.0 Å². The number of aryl methyl sites for hydroxylation is 1. The van der Waals surface area contributed by atoms with Crippen molar-refractivity contribution in [1.29, 1.82) is 0 Å². The lowest BCUT2D eigenvalue weighted by Gasteiger charge is -2.28. The summed E-state index contributed by atoms with van der Waals surface area (Å²) in [5, 5.41) is 4.21. The number of nitrogens with zero attached hydrogens (tertiary/aromatic N) is 3. The van der Waals surface area contributed by atoms with E-state index in [1.165, 1.54) is 20.0 Å². The first-order valence-corrected chi connectivity index (χ1v) is 14.5. The molecular weight excluding hydrogens is 532 g/mol. The summed E-state index contributed by atoms with van der Waals surface area (Å²) in [4.78, 5) is 19.1. The number of nitrogens with one attached hydrogen (secondary N) is 1. The summed E-state index contributed by atoms with van der Waals surface area (Å²) in [5.74, 6) is 0.529. The Morgan fingerprint density at radius 2 is 1.76 bits per heavy atom. The van der Waals surface area contributed by atoms with E-state index in [9.17, 15) is 4.79 Å². The fourth-order valence-corrected chi connectivity index (χ4v) is 6.55. The molecule has 0 radical (unpaired) electrons. The average Bonchev–Trinajstić information content (AvgIpc) is 3.71. The first-order chi connectivity index (χ1) is 19.9. The van der Waals surface area contributed by atoms with E-state index in [-0.39, 0.29) is 18.1 Å². The summed E-state index contributed by atoms with van der Waals surface area (Å²) in [6.45, 7) is 4.19. The third-order valence-electron chi connectivity index (χ3n) is 8.13. The standard InChI is InChI=1S/C33H34N4O3S/c1-21-19-28(22(2)36(21)25-10-8-9-23(20-25)32(38)39-3)31-30(29-13-6-7-18-34-29)35-33(41)37(31)24-14-16-27(17-15-24)40-26-11-4-5-12-26/h6-10,13-20,26,30-31H,4-5,11-12H2,1-3H3,(H,35,41)/t30-,31+/m0/s1. The molecule has 7 nitrogen and oxygen atoms in total. The van der Waals surface area contributed by atoms with Gasteiger partial charge in [-0.2, -0.15) is 0 Å². The van der Waals surface area contributed by atoms with Gasteiger partial charge in [-0.3, -0.25) is 4.98 Å². The Bertz CT molecular complexity index is 1560. The summed E-state index contributed by atoms with van der Waals surface area (Å²) in [5.41, 5.74) is 6.56. The minimum absolute atomic E-state index is 0.150. The molecule has 41 heavy (non-hydrogen) atoms. The minimum atomic E-state index is -0.360. The highest BCUT2D eigenvalue weighted by Gasteiger charge is 2.42. The number of aromatic nitrogens is 2. The zero-order valence-electron chi connectivity index (χ0n) is 23.5. The van der Waals surface area contributed by atoms with Crippen LogP contribution in [0, 0.1) is 13.8 Å². The van der Waals surface area contributed by atoms with Gasteiger partial charge in [-0.1, -0.05) is 12.1 Å². The maximum Gasteiger partial charge on any atom is 0.337 e. The summed E-state index contributed by atoms with van der Waals surface area (Å²) in [6.07, 6.45) is 6.83. The van der Waals surface area contributed by atoms with Crippen molar-refractivity contribution in [3.05, 3.63) is 107 Å². The maximum atomic E-state index is 12.3. The van der Waals surface area contributed by atoms with Crippen molar-refractivity contribution < 1.29 is 14.3 Å². The van der Waals surface area contributed by atoms with Crippen LogP contribution in [0.2, 0.25) is 0 Å². The molecule has 3 heterocycles. The van der Waals surface area contributed by atoms with Crippen LogP contribution in [0.3, 0.4) is 0 Å². The van der Waals surface area contributed by atoms with E-state index in [4.69, 9.17) is 26.7 Å². The van der Waals surface area contributed by atoms with Gasteiger partial charge in [0.05, 0.1) is 36.6 Å². The van der Waals surface area contributed by atoms with Crippen LogP contribution in [-0.2, 0) is 4.74 Å². The highest BCUT2D eigenvalue weighted by molar-refractivity contribution is 7.80. The number of hydrogen-bond donors (Lipinski definition) is 1. The number of thiocarbonyl (C=S) groups is 1. The van der Waals surface area contributed by atoms with E-state index >= 15 is 0 Å². The van der Waals surface area contributed by atoms with Crippen LogP contribution in [-0.4, -0.2) is 33.8 Å². The van der Waals surface area contributed by atoms with Gasteiger partial charge in [0.15, 0.2) is 5.11 Å². The molecule has 1 saturated carbocycles. The van der Waals surface area contributed by atoms with Crippen molar-refractivity contribution in [2.24, 2.45) is 0 Å². The monoisotopic (exact) mass is 566 g/mol. The molecular formula is C33H34N4O3S. The summed E-state index contributed by atoms with van der Waals surface area (Å²) < 4.78 is 13.4. The van der Waals surface area contributed by atoms with Crippen molar-refractivity contribution in [1.82, 2.24) is 14.9 Å². The number of methoxy groups -OCH3 is 1. The maximum absolute atomic E-state index is 12.3. The van der Waals surface area contributed by atoms with Crippen LogP contribution >= 0.6 is 12.2 Å². The van der Waals surface area contributed by atoms with Crippen molar-refractivity contribution in [3.63, 3.8) is 0 Å². The third-order valence-corrected chi connectivity index (χ3v) is 8.45. The number of hydrogen-bond acceptors (Lipinski definition) is 5. The van der Waals surface area contributed by atoms with E-state index in [0.29, 0.717) is 16.8 Å². The molecule has 0 spiro atoms. The second-order valence-electron chi connectivity index (χ2n) is 10.7. The Hall–Kier alpha value is -4.17. The van der Waals surface area contributed by atoms with Gasteiger partial charge < -0.3 is 24.3 Å². The lowest BCUT2D eigenvalue weighted by Crippen LogP contribution is -2.29. The number of anilines is 1. The molecule has 2 atom stereocenters. The Balaban J connectivity index is 1.41. The van der Waals surface area contributed by atoms with Crippen molar-refractivity contribution in [2.75, 3.05) is 12.0 Å². The van der Waals surface area contributed by atoms with Crippen molar-refractivity contribution in [3.8, 4) is 11.4 Å². The summed E-state index contributed by atoms with van der Waals surface area (Å²) in [6, 6.07) is 23.6. The largest absolute Gasteiger partial charge is 0.490 e. The third kappa shape index (κ3) is 5.20. The van der Waals surface area contributed by atoms with Gasteiger partial charge in [0.25, 0.3) is 0 Å². The second kappa shape index (κ2) is 11.4. The molecule has 4 aromatic rings. The molecule has 8 heteroatoms. The SMILES string of the molecule is COC(=O)c1cccc(-n2c(C)cc([C@@H]3[C@H](c4ccccn4)NC(=S)N3c3ccc(OC4CCCC4)cc3)c2C)c1. The molecule has 1 saturated heterocycles. The van der Waals surface area contributed by atoms with Crippen LogP contribution in [0.15, 0.2) is 79.0 Å². The molecule has 2 aliphatic rings. The summed E-state index contributed by atoms with van der Waals surface area (Å²) in [7, 11) is 1.40. The van der Waals surface area contributed by atoms with Gasteiger partial charge in [-0.15, -0.1) is 0 Å². The smallest absolute Gasteiger partial charge is 0.337 e. The highest BCUT2D eigenvalue weighted by Crippen LogP contribution is 2.44. The minimum Gasteiger partial charge on any atom is -0.490 e. The van der Waals surface area contributed by atoms with Crippen LogP contribution in [0.4, 0.5) is 5.69 Å². The molecule has 0 unspecified atom stereocenters. The zero-order valence-corrected chi connectivity index (χ0v) is 24.4. The van der Waals surface area contributed by atoms with E-state index < -0.39 is 0 Å². The second-order valence-corrected chi connectivity index (χ2v) is 11.1. The number of carbonyl (C=O) groups is 1. The van der Waals surface area contributed by atoms with E-state index in [1.54, 1.807) is 6.07 Å².